The van der Waals surface area contributed by atoms with Gasteiger partial charge in [0, 0.05) is 26.2 Å². The number of ether oxygens (including phenoxy) is 2. The molecule has 0 aliphatic carbocycles. The fourth-order valence-electron chi connectivity index (χ4n) is 4.31. The van der Waals surface area contributed by atoms with Crippen molar-refractivity contribution in [3.8, 4) is 11.5 Å². The van der Waals surface area contributed by atoms with Crippen LogP contribution in [-0.4, -0.2) is 64.8 Å². The lowest BCUT2D eigenvalue weighted by Crippen LogP contribution is -2.42. The fourth-order valence-corrected chi connectivity index (χ4v) is 7.29. The molecule has 4 aromatic carbocycles. The van der Waals surface area contributed by atoms with E-state index in [-0.39, 0.29) is 36.0 Å². The second kappa shape index (κ2) is 15.5. The summed E-state index contributed by atoms with van der Waals surface area (Å²) in [6.45, 7) is 0.921. The molecule has 42 heavy (non-hydrogen) atoms. The van der Waals surface area contributed by atoms with Gasteiger partial charge in [-0.2, -0.15) is 8.61 Å². The highest BCUT2D eigenvalue weighted by atomic mass is 32.2. The Morgan fingerprint density at radius 2 is 0.738 bits per heavy atom. The molecule has 0 amide bonds. The molecule has 0 atom stereocenters. The van der Waals surface area contributed by atoms with Gasteiger partial charge in [-0.25, -0.2) is 16.8 Å². The number of nitrogens with zero attached hydrogens (tertiary/aromatic N) is 2. The van der Waals surface area contributed by atoms with Crippen molar-refractivity contribution in [1.82, 2.24) is 8.61 Å². The summed E-state index contributed by atoms with van der Waals surface area (Å²) in [7, 11) is -7.76. The summed E-state index contributed by atoms with van der Waals surface area (Å²) < 4.78 is 68.8. The Morgan fingerprint density at radius 3 is 1.07 bits per heavy atom. The minimum absolute atomic E-state index is 0.0197. The molecule has 4 aromatic rings. The standard InChI is InChI=1S/C32H36N2O6S2/c35-41(36,31-19-9-3-10-20-31)33(23-13-27-39-29-15-5-1-6-16-29)25-26-34(42(37,38)32-21-11-4-12-22-32)24-14-28-40-30-17-7-2-8-18-30/h1-12,15-22H,13-14,23-28H2. The van der Waals surface area contributed by atoms with Gasteiger partial charge >= 0.3 is 0 Å². The van der Waals surface area contributed by atoms with Crippen molar-refractivity contribution in [2.24, 2.45) is 0 Å². The van der Waals surface area contributed by atoms with Crippen LogP contribution in [0.4, 0.5) is 0 Å². The molecular formula is C32H36N2O6S2. The molecule has 0 spiro atoms. The van der Waals surface area contributed by atoms with Gasteiger partial charge in [0.05, 0.1) is 23.0 Å². The van der Waals surface area contributed by atoms with E-state index in [0.717, 1.165) is 0 Å². The summed E-state index contributed by atoms with van der Waals surface area (Å²) in [6.07, 6.45) is 0.856. The van der Waals surface area contributed by atoms with Crippen molar-refractivity contribution in [3.63, 3.8) is 0 Å². The van der Waals surface area contributed by atoms with Crippen LogP contribution in [0.1, 0.15) is 12.8 Å². The van der Waals surface area contributed by atoms with Gasteiger partial charge in [0.1, 0.15) is 11.5 Å². The van der Waals surface area contributed by atoms with E-state index in [0.29, 0.717) is 37.6 Å². The van der Waals surface area contributed by atoms with Gasteiger partial charge in [-0.05, 0) is 61.4 Å². The monoisotopic (exact) mass is 608 g/mol. The average molecular weight is 609 g/mol. The molecule has 10 heteroatoms. The minimum atomic E-state index is -3.88. The largest absolute Gasteiger partial charge is 0.494 e. The molecule has 0 N–H and O–H groups in total. The van der Waals surface area contributed by atoms with E-state index in [9.17, 15) is 16.8 Å². The van der Waals surface area contributed by atoms with E-state index in [1.165, 1.54) is 8.61 Å². The lowest BCUT2D eigenvalue weighted by atomic mass is 10.3. The van der Waals surface area contributed by atoms with Crippen LogP contribution in [0, 0.1) is 0 Å². The second-order valence-electron chi connectivity index (χ2n) is 9.46. The molecular weight excluding hydrogens is 572 g/mol. The Morgan fingerprint density at radius 1 is 0.429 bits per heavy atom. The normalized spacial score (nSPS) is 12.0. The zero-order valence-corrected chi connectivity index (χ0v) is 25.0. The van der Waals surface area contributed by atoms with Crippen LogP contribution >= 0.6 is 0 Å². The third-order valence-corrected chi connectivity index (χ3v) is 10.3. The third-order valence-electron chi connectivity index (χ3n) is 6.49. The van der Waals surface area contributed by atoms with Crippen LogP contribution in [0.5, 0.6) is 11.5 Å². The molecule has 0 saturated heterocycles. The molecule has 8 nitrogen and oxygen atoms in total. The zero-order valence-electron chi connectivity index (χ0n) is 23.4. The first-order chi connectivity index (χ1) is 20.4. The van der Waals surface area contributed by atoms with Gasteiger partial charge in [0.25, 0.3) is 0 Å². The summed E-state index contributed by atoms with van der Waals surface area (Å²) in [4.78, 5) is 0.311. The number of benzene rings is 4. The Balaban J connectivity index is 1.48. The summed E-state index contributed by atoms with van der Waals surface area (Å²) >= 11 is 0. The van der Waals surface area contributed by atoms with E-state index in [4.69, 9.17) is 9.47 Å². The van der Waals surface area contributed by atoms with E-state index >= 15 is 0 Å². The molecule has 0 saturated carbocycles. The van der Waals surface area contributed by atoms with Gasteiger partial charge in [-0.1, -0.05) is 72.8 Å². The Labute approximate surface area is 249 Å². The van der Waals surface area contributed by atoms with E-state index in [1.807, 2.05) is 60.7 Å². The van der Waals surface area contributed by atoms with Crippen LogP contribution in [0.15, 0.2) is 131 Å². The Hall–Kier alpha value is -3.70. The van der Waals surface area contributed by atoms with Gasteiger partial charge in [0.2, 0.25) is 20.0 Å². The maximum Gasteiger partial charge on any atom is 0.243 e. The third kappa shape index (κ3) is 8.90. The summed E-state index contributed by atoms with van der Waals surface area (Å²) in [5, 5.41) is 0. The topological polar surface area (TPSA) is 93.2 Å². The number of rotatable bonds is 17. The van der Waals surface area contributed by atoms with Crippen molar-refractivity contribution >= 4 is 20.0 Å². The van der Waals surface area contributed by atoms with Gasteiger partial charge in [-0.15, -0.1) is 0 Å². The van der Waals surface area contributed by atoms with E-state index < -0.39 is 20.0 Å². The quantitative estimate of drug-likeness (QED) is 0.151. The molecule has 0 aliphatic rings. The molecule has 222 valence electrons. The predicted octanol–water partition coefficient (Wildman–Crippen LogP) is 5.31. The van der Waals surface area contributed by atoms with E-state index in [2.05, 4.69) is 0 Å². The first kappa shape index (κ1) is 31.2. The Kier molecular flexibility index (Phi) is 11.5. The Bertz CT molecular complexity index is 1430. The molecule has 0 unspecified atom stereocenters. The molecule has 0 fully saturated rings. The highest BCUT2D eigenvalue weighted by molar-refractivity contribution is 7.89. The highest BCUT2D eigenvalue weighted by Crippen LogP contribution is 2.20. The number of hydrogen-bond donors (Lipinski definition) is 0. The fraction of sp³-hybridized carbons (Fsp3) is 0.250. The van der Waals surface area contributed by atoms with Gasteiger partial charge < -0.3 is 9.47 Å². The summed E-state index contributed by atoms with van der Waals surface area (Å²) in [5.41, 5.74) is 0. The first-order valence-corrected chi connectivity index (χ1v) is 16.7. The zero-order chi connectivity index (χ0) is 29.7. The lowest BCUT2D eigenvalue weighted by Gasteiger charge is -2.27. The number of hydrogen-bond acceptors (Lipinski definition) is 6. The predicted molar refractivity (Wildman–Crippen MR) is 164 cm³/mol. The average Bonchev–Trinajstić information content (AvgIpc) is 3.03. The van der Waals surface area contributed by atoms with Crippen LogP contribution in [-0.2, 0) is 20.0 Å². The number of sulfonamides is 2. The summed E-state index contributed by atoms with van der Waals surface area (Å²) in [6, 6.07) is 35.0. The SMILES string of the molecule is O=S(=O)(c1ccccc1)N(CCCOc1ccccc1)CCN(CCCOc1ccccc1)S(=O)(=O)c1ccccc1. The molecule has 0 bridgehead atoms. The molecule has 4 rings (SSSR count). The van der Waals surface area contributed by atoms with Crippen molar-refractivity contribution in [1.29, 1.82) is 0 Å². The van der Waals surface area contributed by atoms with Crippen molar-refractivity contribution in [3.05, 3.63) is 121 Å². The van der Waals surface area contributed by atoms with Crippen LogP contribution in [0.3, 0.4) is 0 Å². The minimum Gasteiger partial charge on any atom is -0.494 e. The van der Waals surface area contributed by atoms with Crippen LogP contribution < -0.4 is 9.47 Å². The van der Waals surface area contributed by atoms with Gasteiger partial charge in [-0.3, -0.25) is 0 Å². The first-order valence-electron chi connectivity index (χ1n) is 13.8. The van der Waals surface area contributed by atoms with Crippen LogP contribution in [0.25, 0.3) is 0 Å². The van der Waals surface area contributed by atoms with Crippen LogP contribution in [0.2, 0.25) is 0 Å². The molecule has 0 aliphatic heterocycles. The van der Waals surface area contributed by atoms with Crippen molar-refractivity contribution in [2.75, 3.05) is 39.4 Å². The maximum atomic E-state index is 13.6. The van der Waals surface area contributed by atoms with Crippen molar-refractivity contribution in [2.45, 2.75) is 22.6 Å². The van der Waals surface area contributed by atoms with Gasteiger partial charge in [0.15, 0.2) is 0 Å². The van der Waals surface area contributed by atoms with E-state index in [1.54, 1.807) is 60.7 Å². The number of para-hydroxylation sites is 2. The lowest BCUT2D eigenvalue weighted by molar-refractivity contribution is 0.269. The smallest absolute Gasteiger partial charge is 0.243 e. The molecule has 0 radical (unpaired) electrons. The highest BCUT2D eigenvalue weighted by Gasteiger charge is 2.28. The summed E-state index contributed by atoms with van der Waals surface area (Å²) in [5.74, 6) is 1.40. The molecule has 0 heterocycles. The van der Waals surface area contributed by atoms with Crippen molar-refractivity contribution < 1.29 is 26.3 Å². The maximum absolute atomic E-state index is 13.6. The second-order valence-corrected chi connectivity index (χ2v) is 13.3. The molecule has 0 aromatic heterocycles.